The fourth-order valence-electron chi connectivity index (χ4n) is 0.756. The monoisotopic (exact) mass is 302 g/mol. The molecule has 0 fully saturated rings. The normalized spacial score (nSPS) is 11.1. The van der Waals surface area contributed by atoms with E-state index >= 15 is 0 Å². The van der Waals surface area contributed by atoms with Gasteiger partial charge < -0.3 is 0 Å². The van der Waals surface area contributed by atoms with Gasteiger partial charge in [-0.15, -0.1) is 0 Å². The molecule has 0 bridgehead atoms. The summed E-state index contributed by atoms with van der Waals surface area (Å²) in [7, 11) is -2.27. The fourth-order valence-corrected chi connectivity index (χ4v) is 3.51. The number of hydrogen-bond donors (Lipinski definition) is 0. The molecule has 0 nitrogen and oxygen atoms in total. The summed E-state index contributed by atoms with van der Waals surface area (Å²) in [6.45, 7) is 13.7. The maximum absolute atomic E-state index is 3.39. The molecule has 0 amide bonds. The summed E-state index contributed by atoms with van der Waals surface area (Å²) in [4.78, 5) is 0. The second kappa shape index (κ2) is 6.61. The Morgan fingerprint density at radius 2 is 1.07 bits per heavy atom. The third kappa shape index (κ3) is 14.1. The molecule has 84 valence electrons. The molecular formula is C12H22SeSi2. The Kier molecular flexibility index (Phi) is 6.64. The van der Waals surface area contributed by atoms with Gasteiger partial charge in [-0.1, -0.05) is 0 Å². The molecule has 0 unspecified atom stereocenters. The Morgan fingerprint density at radius 1 is 0.733 bits per heavy atom. The standard InChI is InChI=1S/C12H22SeSi2/c1-14(2,3)11-7-9-13-10-8-12-15(4,5)6/h9-10H2,1-6H3. The molecule has 0 heterocycles. The van der Waals surface area contributed by atoms with Crippen molar-refractivity contribution < 1.29 is 0 Å². The zero-order valence-electron chi connectivity index (χ0n) is 10.8. The molecule has 0 aromatic heterocycles. The molecule has 0 aliphatic heterocycles. The summed E-state index contributed by atoms with van der Waals surface area (Å²) in [5.74, 6) is 6.61. The van der Waals surface area contributed by atoms with Gasteiger partial charge in [-0.25, -0.2) is 0 Å². The van der Waals surface area contributed by atoms with Crippen LogP contribution in [0.2, 0.25) is 49.9 Å². The van der Waals surface area contributed by atoms with E-state index in [1.165, 1.54) is 0 Å². The van der Waals surface area contributed by atoms with Crippen LogP contribution in [0.4, 0.5) is 0 Å². The summed E-state index contributed by atoms with van der Waals surface area (Å²) in [5, 5.41) is 2.16. The van der Waals surface area contributed by atoms with E-state index in [1.54, 1.807) is 0 Å². The van der Waals surface area contributed by atoms with Gasteiger partial charge >= 0.3 is 104 Å². The van der Waals surface area contributed by atoms with Crippen LogP contribution in [0, 0.1) is 22.9 Å². The Balaban J connectivity index is 3.72. The van der Waals surface area contributed by atoms with Crippen molar-refractivity contribution >= 4 is 31.1 Å². The molecule has 0 rings (SSSR count). The molecular weight excluding hydrogens is 279 g/mol. The molecule has 0 saturated carbocycles. The first kappa shape index (κ1) is 15.1. The third-order valence-electron chi connectivity index (χ3n) is 1.28. The number of hydrogen-bond acceptors (Lipinski definition) is 0. The molecule has 0 aliphatic carbocycles. The van der Waals surface area contributed by atoms with Gasteiger partial charge in [-0.3, -0.25) is 0 Å². The van der Waals surface area contributed by atoms with Crippen LogP contribution in [-0.2, 0) is 0 Å². The molecule has 0 N–H and O–H groups in total. The summed E-state index contributed by atoms with van der Waals surface area (Å²) in [5.41, 5.74) is 6.79. The quantitative estimate of drug-likeness (QED) is 0.417. The summed E-state index contributed by atoms with van der Waals surface area (Å²) >= 11 is 0.610. The molecule has 0 atom stereocenters. The van der Waals surface area contributed by atoms with Crippen molar-refractivity contribution in [2.45, 2.75) is 49.9 Å². The van der Waals surface area contributed by atoms with Crippen LogP contribution in [0.25, 0.3) is 0 Å². The van der Waals surface area contributed by atoms with Crippen molar-refractivity contribution in [2.24, 2.45) is 0 Å². The van der Waals surface area contributed by atoms with Gasteiger partial charge in [-0.05, 0) is 0 Å². The molecule has 3 heteroatoms. The van der Waals surface area contributed by atoms with E-state index in [0.717, 1.165) is 10.6 Å². The average Bonchev–Trinajstić information content (AvgIpc) is 1.98. The van der Waals surface area contributed by atoms with Gasteiger partial charge in [0.1, 0.15) is 0 Å². The van der Waals surface area contributed by atoms with Crippen LogP contribution >= 0.6 is 0 Å². The van der Waals surface area contributed by atoms with Gasteiger partial charge in [-0.2, -0.15) is 0 Å². The van der Waals surface area contributed by atoms with Crippen molar-refractivity contribution in [2.75, 3.05) is 0 Å². The predicted octanol–water partition coefficient (Wildman–Crippen LogP) is 3.29. The third-order valence-corrected chi connectivity index (χ3v) is 4.59. The molecule has 0 spiro atoms. The second-order valence-electron chi connectivity index (χ2n) is 5.60. The Hall–Kier alpha value is 0.0732. The summed E-state index contributed by atoms with van der Waals surface area (Å²) < 4.78 is 0. The minimum atomic E-state index is -1.14. The van der Waals surface area contributed by atoms with Gasteiger partial charge in [0.25, 0.3) is 0 Å². The molecule has 15 heavy (non-hydrogen) atoms. The summed E-state index contributed by atoms with van der Waals surface area (Å²) in [6.07, 6.45) is 0. The van der Waals surface area contributed by atoms with Crippen molar-refractivity contribution in [3.05, 3.63) is 0 Å². The van der Waals surface area contributed by atoms with E-state index < -0.39 is 16.1 Å². The van der Waals surface area contributed by atoms with E-state index in [9.17, 15) is 0 Å². The minimum absolute atomic E-state index is 0.610. The van der Waals surface area contributed by atoms with Crippen LogP contribution in [0.5, 0.6) is 0 Å². The van der Waals surface area contributed by atoms with Crippen molar-refractivity contribution in [1.82, 2.24) is 0 Å². The molecule has 0 saturated heterocycles. The first-order valence-corrected chi connectivity index (χ1v) is 14.7. The van der Waals surface area contributed by atoms with Crippen LogP contribution in [0.1, 0.15) is 0 Å². The van der Waals surface area contributed by atoms with E-state index in [4.69, 9.17) is 0 Å². The number of rotatable bonds is 2. The molecule has 0 aromatic carbocycles. The van der Waals surface area contributed by atoms with Gasteiger partial charge in [0, 0.05) is 0 Å². The topological polar surface area (TPSA) is 0 Å². The zero-order chi connectivity index (χ0) is 11.9. The Labute approximate surface area is 104 Å². The van der Waals surface area contributed by atoms with E-state index in [1.807, 2.05) is 0 Å². The Morgan fingerprint density at radius 3 is 1.33 bits per heavy atom. The molecule has 0 aliphatic rings. The maximum atomic E-state index is 3.39. The summed E-state index contributed by atoms with van der Waals surface area (Å²) in [6, 6.07) is 0. The second-order valence-corrected chi connectivity index (χ2v) is 17.2. The van der Waals surface area contributed by atoms with Gasteiger partial charge in [0.2, 0.25) is 0 Å². The zero-order valence-corrected chi connectivity index (χ0v) is 14.5. The first-order valence-electron chi connectivity index (χ1n) is 5.28. The van der Waals surface area contributed by atoms with Crippen molar-refractivity contribution in [1.29, 1.82) is 0 Å². The SMILES string of the molecule is C[Si](C)(C)C#CC[Se]CC#C[Si](C)(C)C. The predicted molar refractivity (Wildman–Crippen MR) is 77.6 cm³/mol. The van der Waals surface area contributed by atoms with Crippen LogP contribution in [0.15, 0.2) is 0 Å². The van der Waals surface area contributed by atoms with E-state index in [0.29, 0.717) is 15.0 Å². The van der Waals surface area contributed by atoms with Crippen LogP contribution < -0.4 is 0 Å². The average molecular weight is 301 g/mol. The van der Waals surface area contributed by atoms with Crippen LogP contribution in [-0.4, -0.2) is 31.1 Å². The van der Waals surface area contributed by atoms with E-state index in [2.05, 4.69) is 62.2 Å². The fraction of sp³-hybridized carbons (Fsp3) is 0.667. The van der Waals surface area contributed by atoms with Crippen molar-refractivity contribution in [3.8, 4) is 22.9 Å². The Bertz CT molecular complexity index is 267. The van der Waals surface area contributed by atoms with E-state index in [-0.39, 0.29) is 0 Å². The van der Waals surface area contributed by atoms with Crippen LogP contribution in [0.3, 0.4) is 0 Å². The first-order chi connectivity index (χ1) is 6.71. The van der Waals surface area contributed by atoms with Gasteiger partial charge in [0.05, 0.1) is 0 Å². The molecule has 0 aromatic rings. The molecule has 0 radical (unpaired) electrons. The van der Waals surface area contributed by atoms with Crippen molar-refractivity contribution in [3.63, 3.8) is 0 Å². The van der Waals surface area contributed by atoms with Gasteiger partial charge in [0.15, 0.2) is 0 Å².